The van der Waals surface area contributed by atoms with Crippen LogP contribution in [-0.2, 0) is 0 Å². The van der Waals surface area contributed by atoms with Gasteiger partial charge in [-0.05, 0) is 38.8 Å². The van der Waals surface area contributed by atoms with Gasteiger partial charge in [0.2, 0.25) is 0 Å². The van der Waals surface area contributed by atoms with Gasteiger partial charge >= 0.3 is 6.18 Å². The van der Waals surface area contributed by atoms with Crippen LogP contribution < -0.4 is 5.32 Å². The zero-order valence-electron chi connectivity index (χ0n) is 9.39. The molecule has 2 unspecified atom stereocenters. The molecule has 0 aromatic carbocycles. The molecule has 2 fully saturated rings. The number of rotatable bonds is 2. The molecule has 0 spiro atoms. The summed E-state index contributed by atoms with van der Waals surface area (Å²) in [6.07, 6.45) is 0.943. The number of nitrogens with one attached hydrogen (secondary N) is 1. The van der Waals surface area contributed by atoms with Crippen molar-refractivity contribution in [1.29, 1.82) is 0 Å². The van der Waals surface area contributed by atoms with E-state index in [1.54, 1.807) is 4.90 Å². The Morgan fingerprint density at radius 3 is 2.56 bits per heavy atom. The monoisotopic (exact) mass is 236 g/mol. The molecule has 0 aromatic rings. The van der Waals surface area contributed by atoms with Crippen LogP contribution >= 0.6 is 0 Å². The molecule has 16 heavy (non-hydrogen) atoms. The standard InChI is InChI=1S/C11H19F3N2/c12-11(13,14)8-16-7-2-1-5-10(16)9-4-3-6-15-9/h9-10,15H,1-8H2. The second-order valence-electron chi connectivity index (χ2n) is 4.85. The van der Waals surface area contributed by atoms with Crippen molar-refractivity contribution in [2.45, 2.75) is 50.4 Å². The van der Waals surface area contributed by atoms with Gasteiger partial charge in [-0.25, -0.2) is 0 Å². The van der Waals surface area contributed by atoms with Crippen molar-refractivity contribution in [2.24, 2.45) is 0 Å². The first-order valence-electron chi connectivity index (χ1n) is 6.10. The average molecular weight is 236 g/mol. The summed E-state index contributed by atoms with van der Waals surface area (Å²) in [5.41, 5.74) is 0. The number of likely N-dealkylation sites (tertiary alicyclic amines) is 1. The molecule has 2 atom stereocenters. The van der Waals surface area contributed by atoms with Gasteiger partial charge in [-0.15, -0.1) is 0 Å². The third kappa shape index (κ3) is 3.10. The molecule has 2 rings (SSSR count). The molecule has 0 aliphatic carbocycles. The summed E-state index contributed by atoms with van der Waals surface area (Å²) in [7, 11) is 0. The van der Waals surface area contributed by atoms with Crippen LogP contribution in [0.25, 0.3) is 0 Å². The number of piperidine rings is 1. The van der Waals surface area contributed by atoms with Gasteiger partial charge in [-0.1, -0.05) is 6.42 Å². The molecule has 0 saturated carbocycles. The van der Waals surface area contributed by atoms with Crippen LogP contribution in [0.5, 0.6) is 0 Å². The van der Waals surface area contributed by atoms with Gasteiger partial charge in [0.1, 0.15) is 0 Å². The number of hydrogen-bond donors (Lipinski definition) is 1. The lowest BCUT2D eigenvalue weighted by atomic mass is 9.94. The van der Waals surface area contributed by atoms with E-state index in [-0.39, 0.29) is 12.1 Å². The molecule has 2 aliphatic heterocycles. The molecule has 2 aliphatic rings. The van der Waals surface area contributed by atoms with Gasteiger partial charge in [0.25, 0.3) is 0 Å². The van der Waals surface area contributed by atoms with Crippen molar-refractivity contribution >= 4 is 0 Å². The van der Waals surface area contributed by atoms with Crippen molar-refractivity contribution in [3.8, 4) is 0 Å². The summed E-state index contributed by atoms with van der Waals surface area (Å²) in [4.78, 5) is 1.63. The summed E-state index contributed by atoms with van der Waals surface area (Å²) in [6, 6.07) is 0.375. The van der Waals surface area contributed by atoms with Crippen molar-refractivity contribution in [2.75, 3.05) is 19.6 Å². The maximum atomic E-state index is 12.4. The van der Waals surface area contributed by atoms with Crippen molar-refractivity contribution in [1.82, 2.24) is 10.2 Å². The van der Waals surface area contributed by atoms with Gasteiger partial charge in [0.05, 0.1) is 6.54 Å². The lowest BCUT2D eigenvalue weighted by Crippen LogP contribution is -2.52. The van der Waals surface area contributed by atoms with E-state index in [2.05, 4.69) is 5.32 Å². The fourth-order valence-electron chi connectivity index (χ4n) is 2.94. The van der Waals surface area contributed by atoms with Crippen LogP contribution in [-0.4, -0.2) is 42.8 Å². The zero-order valence-corrected chi connectivity index (χ0v) is 9.39. The molecule has 2 nitrogen and oxygen atoms in total. The number of halogens is 3. The third-order valence-electron chi connectivity index (χ3n) is 3.61. The molecule has 0 radical (unpaired) electrons. The Labute approximate surface area is 94.2 Å². The van der Waals surface area contributed by atoms with E-state index in [1.165, 1.54) is 0 Å². The topological polar surface area (TPSA) is 15.3 Å². The zero-order chi connectivity index (χ0) is 11.6. The Bertz CT molecular complexity index is 224. The molecule has 0 bridgehead atoms. The molecule has 94 valence electrons. The molecule has 2 heterocycles. The largest absolute Gasteiger partial charge is 0.401 e. The van der Waals surface area contributed by atoms with E-state index < -0.39 is 12.7 Å². The fraction of sp³-hybridized carbons (Fsp3) is 1.00. The molecule has 2 saturated heterocycles. The van der Waals surface area contributed by atoms with Crippen LogP contribution in [0.15, 0.2) is 0 Å². The highest BCUT2D eigenvalue weighted by Crippen LogP contribution is 2.27. The van der Waals surface area contributed by atoms with E-state index in [0.717, 1.165) is 38.6 Å². The molecule has 5 heteroatoms. The van der Waals surface area contributed by atoms with Crippen molar-refractivity contribution in [3.63, 3.8) is 0 Å². The number of nitrogens with zero attached hydrogens (tertiary/aromatic N) is 1. The van der Waals surface area contributed by atoms with Crippen LogP contribution in [0.3, 0.4) is 0 Å². The minimum Gasteiger partial charge on any atom is -0.312 e. The summed E-state index contributed by atoms with van der Waals surface area (Å²) in [5, 5.41) is 3.33. The maximum Gasteiger partial charge on any atom is 0.401 e. The van der Waals surface area contributed by atoms with Crippen LogP contribution in [0.2, 0.25) is 0 Å². The molecular formula is C11H19F3N2. The third-order valence-corrected chi connectivity index (χ3v) is 3.61. The van der Waals surface area contributed by atoms with Gasteiger partial charge in [-0.2, -0.15) is 13.2 Å². The first kappa shape index (κ1) is 12.2. The van der Waals surface area contributed by atoms with Crippen LogP contribution in [0, 0.1) is 0 Å². The predicted octanol–water partition coefficient (Wildman–Crippen LogP) is 2.16. The maximum absolute atomic E-state index is 12.4. The Kier molecular flexibility index (Phi) is 3.74. The highest BCUT2D eigenvalue weighted by Gasteiger charge is 2.38. The molecular weight excluding hydrogens is 217 g/mol. The van der Waals surface area contributed by atoms with E-state index in [1.807, 2.05) is 0 Å². The van der Waals surface area contributed by atoms with E-state index >= 15 is 0 Å². The van der Waals surface area contributed by atoms with E-state index in [4.69, 9.17) is 0 Å². The lowest BCUT2D eigenvalue weighted by molar-refractivity contribution is -0.154. The SMILES string of the molecule is FC(F)(F)CN1CCCCC1C1CCCN1. The lowest BCUT2D eigenvalue weighted by Gasteiger charge is -2.39. The van der Waals surface area contributed by atoms with Crippen molar-refractivity contribution in [3.05, 3.63) is 0 Å². The van der Waals surface area contributed by atoms with Crippen molar-refractivity contribution < 1.29 is 13.2 Å². The molecule has 1 N–H and O–H groups in total. The summed E-state index contributed by atoms with van der Waals surface area (Å²) in [6.45, 7) is 0.819. The van der Waals surface area contributed by atoms with Gasteiger partial charge < -0.3 is 5.32 Å². The normalized spacial score (nSPS) is 33.2. The van der Waals surface area contributed by atoms with Crippen LogP contribution in [0.1, 0.15) is 32.1 Å². The minimum absolute atomic E-state index is 0.0953. The predicted molar refractivity (Wildman–Crippen MR) is 56.3 cm³/mol. The second kappa shape index (κ2) is 4.92. The average Bonchev–Trinajstić information content (AvgIpc) is 2.69. The quantitative estimate of drug-likeness (QED) is 0.790. The Morgan fingerprint density at radius 1 is 1.12 bits per heavy atom. The van der Waals surface area contributed by atoms with Gasteiger partial charge in [0.15, 0.2) is 0 Å². The first-order valence-corrected chi connectivity index (χ1v) is 6.10. The van der Waals surface area contributed by atoms with E-state index in [9.17, 15) is 13.2 Å². The number of hydrogen-bond acceptors (Lipinski definition) is 2. The second-order valence-corrected chi connectivity index (χ2v) is 4.85. The Morgan fingerprint density at radius 2 is 1.94 bits per heavy atom. The number of alkyl halides is 3. The van der Waals surface area contributed by atoms with Gasteiger partial charge in [0, 0.05) is 12.1 Å². The summed E-state index contributed by atoms with van der Waals surface area (Å²) in [5.74, 6) is 0. The highest BCUT2D eigenvalue weighted by molar-refractivity contribution is 4.91. The highest BCUT2D eigenvalue weighted by atomic mass is 19.4. The molecule has 0 aromatic heterocycles. The minimum atomic E-state index is -4.06. The summed E-state index contributed by atoms with van der Waals surface area (Å²) >= 11 is 0. The smallest absolute Gasteiger partial charge is 0.312 e. The van der Waals surface area contributed by atoms with Crippen LogP contribution in [0.4, 0.5) is 13.2 Å². The fourth-order valence-corrected chi connectivity index (χ4v) is 2.94. The van der Waals surface area contributed by atoms with E-state index in [0.29, 0.717) is 6.54 Å². The summed E-state index contributed by atoms with van der Waals surface area (Å²) < 4.78 is 37.3. The van der Waals surface area contributed by atoms with Gasteiger partial charge in [-0.3, -0.25) is 4.90 Å². The molecule has 0 amide bonds. The Hall–Kier alpha value is -0.290. The first-order chi connectivity index (χ1) is 7.56. The Balaban J connectivity index is 1.96.